The van der Waals surface area contributed by atoms with Crippen molar-refractivity contribution in [2.24, 2.45) is 17.3 Å². The van der Waals surface area contributed by atoms with E-state index in [2.05, 4.69) is 25.9 Å². The third-order valence-corrected chi connectivity index (χ3v) is 7.31. The number of amides is 3. The fraction of sp³-hybridized carbons (Fsp3) is 0.692. The lowest BCUT2D eigenvalue weighted by Crippen LogP contribution is -2.61. The van der Waals surface area contributed by atoms with Crippen molar-refractivity contribution in [3.8, 4) is 0 Å². The molecule has 0 aliphatic heterocycles. The van der Waals surface area contributed by atoms with Crippen LogP contribution in [-0.4, -0.2) is 56.9 Å². The maximum absolute atomic E-state index is 13.6. The summed E-state index contributed by atoms with van der Waals surface area (Å²) >= 11 is 0. The van der Waals surface area contributed by atoms with E-state index < -0.39 is 53.1 Å². The molecule has 2 fully saturated rings. The van der Waals surface area contributed by atoms with Crippen LogP contribution in [0.1, 0.15) is 89.0 Å². The molecule has 10 nitrogen and oxygen atoms in total. The molecule has 10 heteroatoms. The van der Waals surface area contributed by atoms with Gasteiger partial charge in [-0.1, -0.05) is 52.9 Å². The van der Waals surface area contributed by atoms with Crippen LogP contribution in [0.5, 0.6) is 0 Å². The Balaban J connectivity index is 1.77. The van der Waals surface area contributed by atoms with Gasteiger partial charge in [0.1, 0.15) is 17.8 Å². The second-order valence-corrected chi connectivity index (χ2v) is 11.1. The van der Waals surface area contributed by atoms with Crippen LogP contribution in [0.25, 0.3) is 0 Å². The van der Waals surface area contributed by atoms with Crippen LogP contribution in [0.4, 0.5) is 0 Å². The smallest absolute Gasteiger partial charge is 0.308 e. The largest absolute Gasteiger partial charge is 0.481 e. The van der Waals surface area contributed by atoms with Crippen molar-refractivity contribution in [3.63, 3.8) is 0 Å². The highest BCUT2D eigenvalue weighted by Gasteiger charge is 2.40. The van der Waals surface area contributed by atoms with Gasteiger partial charge in [-0.05, 0) is 37.0 Å². The summed E-state index contributed by atoms with van der Waals surface area (Å²) in [4.78, 5) is 59.5. The minimum Gasteiger partial charge on any atom is -0.481 e. The molecule has 4 atom stereocenters. The van der Waals surface area contributed by atoms with Gasteiger partial charge in [-0.25, -0.2) is 4.98 Å². The molecule has 0 radical (unpaired) electrons. The fourth-order valence-corrected chi connectivity index (χ4v) is 5.27. The molecular weight excluding hydrogens is 462 g/mol. The van der Waals surface area contributed by atoms with Crippen molar-refractivity contribution >= 4 is 23.7 Å². The third-order valence-electron chi connectivity index (χ3n) is 7.31. The molecule has 1 heterocycles. The van der Waals surface area contributed by atoms with Crippen LogP contribution in [0.2, 0.25) is 0 Å². The zero-order chi connectivity index (χ0) is 26.3. The molecule has 0 aromatic carbocycles. The highest BCUT2D eigenvalue weighted by atomic mass is 16.4. The molecule has 0 saturated heterocycles. The molecule has 1 aromatic heterocycles. The number of hydrogen-bond donors (Lipinski definition) is 4. The van der Waals surface area contributed by atoms with Gasteiger partial charge >= 0.3 is 5.97 Å². The summed E-state index contributed by atoms with van der Waals surface area (Å²) in [6.45, 7) is 5.54. The van der Waals surface area contributed by atoms with Gasteiger partial charge in [0, 0.05) is 18.4 Å². The van der Waals surface area contributed by atoms with Gasteiger partial charge < -0.3 is 21.1 Å². The number of aliphatic carboxylic acids is 1. The van der Waals surface area contributed by atoms with Gasteiger partial charge in [-0.3, -0.25) is 24.2 Å². The highest BCUT2D eigenvalue weighted by molar-refractivity contribution is 5.97. The Morgan fingerprint density at radius 3 is 2.19 bits per heavy atom. The number of nitrogens with one attached hydrogen (secondary N) is 3. The van der Waals surface area contributed by atoms with Gasteiger partial charge in [0.2, 0.25) is 11.8 Å². The molecule has 198 valence electrons. The maximum atomic E-state index is 13.6. The lowest BCUT2D eigenvalue weighted by molar-refractivity contribution is -0.144. The lowest BCUT2D eigenvalue weighted by Gasteiger charge is -2.36. The molecule has 0 spiro atoms. The molecule has 36 heavy (non-hydrogen) atoms. The molecular formula is C26H39N5O5. The second kappa shape index (κ2) is 12.3. The van der Waals surface area contributed by atoms with E-state index in [-0.39, 0.29) is 11.6 Å². The van der Waals surface area contributed by atoms with Crippen LogP contribution in [0, 0.1) is 17.3 Å². The number of aromatic nitrogens is 2. The fourth-order valence-electron chi connectivity index (χ4n) is 5.27. The number of carbonyl (C=O) groups is 4. The normalized spacial score (nSPS) is 22.6. The Kier molecular flexibility index (Phi) is 9.39. The van der Waals surface area contributed by atoms with E-state index in [0.29, 0.717) is 12.8 Å². The molecule has 2 saturated carbocycles. The van der Waals surface area contributed by atoms with Crippen LogP contribution < -0.4 is 16.0 Å². The van der Waals surface area contributed by atoms with Gasteiger partial charge in [-0.15, -0.1) is 0 Å². The van der Waals surface area contributed by atoms with Crippen molar-refractivity contribution in [1.82, 2.24) is 25.9 Å². The Morgan fingerprint density at radius 2 is 1.58 bits per heavy atom. The zero-order valence-corrected chi connectivity index (χ0v) is 21.5. The Morgan fingerprint density at radius 1 is 0.917 bits per heavy atom. The summed E-state index contributed by atoms with van der Waals surface area (Å²) in [6, 6.07) is -2.20. The Bertz CT molecular complexity index is 926. The number of hydrogen-bond acceptors (Lipinski definition) is 6. The average Bonchev–Trinajstić information content (AvgIpc) is 2.86. The second-order valence-electron chi connectivity index (χ2n) is 11.1. The lowest BCUT2D eigenvalue weighted by atomic mass is 9.81. The van der Waals surface area contributed by atoms with Crippen LogP contribution in [0.3, 0.4) is 0 Å². The zero-order valence-electron chi connectivity index (χ0n) is 21.5. The topological polar surface area (TPSA) is 150 Å². The molecule has 2 aliphatic carbocycles. The minimum atomic E-state index is -0.916. The van der Waals surface area contributed by atoms with E-state index in [0.717, 1.165) is 44.9 Å². The van der Waals surface area contributed by atoms with Crippen molar-refractivity contribution in [2.45, 2.75) is 96.7 Å². The average molecular weight is 502 g/mol. The van der Waals surface area contributed by atoms with Crippen LogP contribution in [-0.2, 0) is 14.4 Å². The summed E-state index contributed by atoms with van der Waals surface area (Å²) in [6.07, 6.45) is 11.6. The minimum absolute atomic E-state index is 0.0576. The molecule has 3 amide bonds. The number of carboxylic acid groups (broad SMARTS) is 1. The third kappa shape index (κ3) is 7.24. The first-order valence-corrected chi connectivity index (χ1v) is 13.0. The van der Waals surface area contributed by atoms with Crippen molar-refractivity contribution in [1.29, 1.82) is 0 Å². The van der Waals surface area contributed by atoms with Crippen LogP contribution in [0.15, 0.2) is 18.6 Å². The van der Waals surface area contributed by atoms with Gasteiger partial charge in [-0.2, -0.15) is 0 Å². The van der Waals surface area contributed by atoms with Crippen LogP contribution >= 0.6 is 0 Å². The van der Waals surface area contributed by atoms with Crippen molar-refractivity contribution in [3.05, 3.63) is 24.3 Å². The predicted octanol–water partition coefficient (Wildman–Crippen LogP) is 2.45. The van der Waals surface area contributed by atoms with E-state index >= 15 is 0 Å². The Hall–Kier alpha value is -3.04. The van der Waals surface area contributed by atoms with Gasteiger partial charge in [0.25, 0.3) is 5.91 Å². The first-order chi connectivity index (χ1) is 17.1. The van der Waals surface area contributed by atoms with E-state index in [4.69, 9.17) is 0 Å². The summed E-state index contributed by atoms with van der Waals surface area (Å²) in [5, 5.41) is 18.2. The summed E-state index contributed by atoms with van der Waals surface area (Å²) in [5.74, 6) is -2.93. The molecule has 1 aromatic rings. The SMILES string of the molecule is CC(C)(C)[C@H](NC(=O)[C@@H](NC(=O)c1cnccn1)C1CCCCC1)C(=O)N[C@H]1CCCC[C@H]1C(=O)O. The van der Waals surface area contributed by atoms with E-state index in [1.807, 2.05) is 20.8 Å². The molecule has 0 bridgehead atoms. The first-order valence-electron chi connectivity index (χ1n) is 13.0. The van der Waals surface area contributed by atoms with E-state index in [1.54, 1.807) is 0 Å². The standard InChI is InChI=1S/C26H39N5O5/c1-26(2,3)21(24(34)29-18-12-8-7-11-17(18)25(35)36)31-23(33)20(16-9-5-4-6-10-16)30-22(32)19-15-27-13-14-28-19/h13-18,20-21H,4-12H2,1-3H3,(H,29,34)(H,30,32)(H,31,33)(H,35,36)/t17-,18+,20+,21-/m1/s1. The van der Waals surface area contributed by atoms with E-state index in [9.17, 15) is 24.3 Å². The summed E-state index contributed by atoms with van der Waals surface area (Å²) in [7, 11) is 0. The number of carbonyl (C=O) groups excluding carboxylic acids is 3. The Labute approximate surface area is 212 Å². The quantitative estimate of drug-likeness (QED) is 0.427. The summed E-state index contributed by atoms with van der Waals surface area (Å²) in [5.41, 5.74) is -0.521. The summed E-state index contributed by atoms with van der Waals surface area (Å²) < 4.78 is 0. The van der Waals surface area contributed by atoms with Crippen molar-refractivity contribution < 1.29 is 24.3 Å². The van der Waals surface area contributed by atoms with Crippen molar-refractivity contribution in [2.75, 3.05) is 0 Å². The molecule has 0 unspecified atom stereocenters. The molecule has 4 N–H and O–H groups in total. The number of carboxylic acids is 1. The molecule has 2 aliphatic rings. The number of rotatable bonds is 8. The molecule has 3 rings (SSSR count). The monoisotopic (exact) mass is 501 g/mol. The van der Waals surface area contributed by atoms with E-state index in [1.165, 1.54) is 18.6 Å². The van der Waals surface area contributed by atoms with Gasteiger partial charge in [0.05, 0.1) is 12.1 Å². The first kappa shape index (κ1) is 27.5. The number of nitrogens with zero attached hydrogens (tertiary/aromatic N) is 2. The predicted molar refractivity (Wildman–Crippen MR) is 133 cm³/mol. The van der Waals surface area contributed by atoms with Gasteiger partial charge in [0.15, 0.2) is 0 Å². The highest BCUT2D eigenvalue weighted by Crippen LogP contribution is 2.29. The maximum Gasteiger partial charge on any atom is 0.308 e.